The molecule has 3 rings (SSSR count). The first-order valence-electron chi connectivity index (χ1n) is 6.28. The van der Waals surface area contributed by atoms with E-state index in [9.17, 15) is 9.90 Å². The van der Waals surface area contributed by atoms with Gasteiger partial charge in [0.05, 0.1) is 18.4 Å². The molecule has 0 spiro atoms. The molecule has 0 fully saturated rings. The van der Waals surface area contributed by atoms with Crippen LogP contribution in [0.4, 0.5) is 0 Å². The summed E-state index contributed by atoms with van der Waals surface area (Å²) < 4.78 is 5.06. The highest BCUT2D eigenvalue weighted by Gasteiger charge is 2.29. The van der Waals surface area contributed by atoms with Crippen molar-refractivity contribution in [2.24, 2.45) is 0 Å². The van der Waals surface area contributed by atoms with E-state index in [0.29, 0.717) is 13.1 Å². The van der Waals surface area contributed by atoms with Gasteiger partial charge >= 0.3 is 5.97 Å². The molecule has 1 unspecified atom stereocenters. The molecule has 4 heteroatoms. The zero-order valence-corrected chi connectivity index (χ0v) is 10.5. The minimum absolute atomic E-state index is 0.447. The minimum Gasteiger partial charge on any atom is -0.481 e. The lowest BCUT2D eigenvalue weighted by Gasteiger charge is -2.32. The molecule has 98 valence electrons. The van der Waals surface area contributed by atoms with Gasteiger partial charge in [0.1, 0.15) is 0 Å². The molecule has 0 saturated carbocycles. The SMILES string of the molecule is O=C(O)C1CN(Cc2ccoc2)Cc2ccccc21. The molecule has 1 aromatic carbocycles. The lowest BCUT2D eigenvalue weighted by molar-refractivity contribution is -0.139. The van der Waals surface area contributed by atoms with Crippen LogP contribution in [0.5, 0.6) is 0 Å². The van der Waals surface area contributed by atoms with E-state index in [2.05, 4.69) is 4.90 Å². The predicted molar refractivity (Wildman–Crippen MR) is 69.6 cm³/mol. The van der Waals surface area contributed by atoms with Crippen LogP contribution in [-0.2, 0) is 17.9 Å². The van der Waals surface area contributed by atoms with Crippen molar-refractivity contribution in [2.45, 2.75) is 19.0 Å². The van der Waals surface area contributed by atoms with E-state index in [4.69, 9.17) is 4.42 Å². The Labute approximate surface area is 111 Å². The van der Waals surface area contributed by atoms with E-state index < -0.39 is 11.9 Å². The lowest BCUT2D eigenvalue weighted by Crippen LogP contribution is -2.36. The largest absolute Gasteiger partial charge is 0.481 e. The van der Waals surface area contributed by atoms with E-state index in [1.54, 1.807) is 12.5 Å². The van der Waals surface area contributed by atoms with Gasteiger partial charge in [-0.05, 0) is 17.2 Å². The maximum Gasteiger partial charge on any atom is 0.312 e. The van der Waals surface area contributed by atoms with E-state index in [1.807, 2.05) is 30.3 Å². The number of fused-ring (bicyclic) bond motifs is 1. The molecule has 1 atom stereocenters. The third-order valence-corrected chi connectivity index (χ3v) is 3.55. The fourth-order valence-corrected chi connectivity index (χ4v) is 2.65. The summed E-state index contributed by atoms with van der Waals surface area (Å²) in [7, 11) is 0. The van der Waals surface area contributed by atoms with Crippen molar-refractivity contribution < 1.29 is 14.3 Å². The number of aliphatic carboxylic acids is 1. The van der Waals surface area contributed by atoms with Crippen LogP contribution in [0, 0.1) is 0 Å². The van der Waals surface area contributed by atoms with Gasteiger partial charge < -0.3 is 9.52 Å². The Morgan fingerprint density at radius 2 is 2.21 bits per heavy atom. The molecule has 0 saturated heterocycles. The van der Waals surface area contributed by atoms with Gasteiger partial charge in [-0.2, -0.15) is 0 Å². The van der Waals surface area contributed by atoms with Gasteiger partial charge in [0.25, 0.3) is 0 Å². The molecule has 19 heavy (non-hydrogen) atoms. The first kappa shape index (κ1) is 12.0. The third kappa shape index (κ3) is 2.39. The fraction of sp³-hybridized carbons (Fsp3) is 0.267. The minimum atomic E-state index is -0.760. The molecular weight excluding hydrogens is 242 g/mol. The van der Waals surface area contributed by atoms with Crippen LogP contribution >= 0.6 is 0 Å². The second kappa shape index (κ2) is 4.90. The Morgan fingerprint density at radius 1 is 1.37 bits per heavy atom. The molecule has 1 aliphatic heterocycles. The Kier molecular flexibility index (Phi) is 3.09. The molecule has 1 aliphatic rings. The fourth-order valence-electron chi connectivity index (χ4n) is 2.65. The highest BCUT2D eigenvalue weighted by atomic mass is 16.4. The standard InChI is InChI=1S/C15H15NO3/c17-15(18)14-9-16(7-11-5-6-19-10-11)8-12-3-1-2-4-13(12)14/h1-6,10,14H,7-9H2,(H,17,18). The molecule has 2 aromatic rings. The number of hydrogen-bond acceptors (Lipinski definition) is 3. The molecule has 1 aromatic heterocycles. The van der Waals surface area contributed by atoms with Gasteiger partial charge in [-0.15, -0.1) is 0 Å². The highest BCUT2D eigenvalue weighted by molar-refractivity contribution is 5.77. The average molecular weight is 257 g/mol. The maximum absolute atomic E-state index is 11.4. The van der Waals surface area contributed by atoms with Gasteiger partial charge in [-0.1, -0.05) is 24.3 Å². The van der Waals surface area contributed by atoms with Crippen LogP contribution in [0.25, 0.3) is 0 Å². The number of hydrogen-bond donors (Lipinski definition) is 1. The maximum atomic E-state index is 11.4. The van der Waals surface area contributed by atoms with Crippen molar-refractivity contribution in [2.75, 3.05) is 6.54 Å². The zero-order chi connectivity index (χ0) is 13.2. The zero-order valence-electron chi connectivity index (χ0n) is 10.5. The second-order valence-corrected chi connectivity index (χ2v) is 4.89. The number of nitrogens with zero attached hydrogens (tertiary/aromatic N) is 1. The van der Waals surface area contributed by atoms with Crippen LogP contribution in [0.1, 0.15) is 22.6 Å². The second-order valence-electron chi connectivity index (χ2n) is 4.89. The summed E-state index contributed by atoms with van der Waals surface area (Å²) in [4.78, 5) is 13.6. The van der Waals surface area contributed by atoms with Crippen molar-refractivity contribution in [3.05, 3.63) is 59.5 Å². The third-order valence-electron chi connectivity index (χ3n) is 3.55. The molecule has 0 radical (unpaired) electrons. The van der Waals surface area contributed by atoms with E-state index in [1.165, 1.54) is 0 Å². The molecule has 0 aliphatic carbocycles. The first-order chi connectivity index (χ1) is 9.24. The smallest absolute Gasteiger partial charge is 0.312 e. The van der Waals surface area contributed by atoms with E-state index in [-0.39, 0.29) is 0 Å². The van der Waals surface area contributed by atoms with E-state index in [0.717, 1.165) is 23.2 Å². The normalized spacial score (nSPS) is 19.1. The monoisotopic (exact) mass is 257 g/mol. The summed E-state index contributed by atoms with van der Waals surface area (Å²) in [6.07, 6.45) is 3.35. The molecule has 0 amide bonds. The van der Waals surface area contributed by atoms with Crippen LogP contribution in [0.3, 0.4) is 0 Å². The quantitative estimate of drug-likeness (QED) is 0.917. The van der Waals surface area contributed by atoms with Gasteiger partial charge in [0.2, 0.25) is 0 Å². The van der Waals surface area contributed by atoms with Crippen molar-refractivity contribution in [3.63, 3.8) is 0 Å². The Bertz CT molecular complexity index is 577. The topological polar surface area (TPSA) is 53.7 Å². The molecular formula is C15H15NO3. The van der Waals surface area contributed by atoms with Gasteiger partial charge in [0, 0.05) is 25.2 Å². The van der Waals surface area contributed by atoms with Gasteiger partial charge in [-0.3, -0.25) is 9.69 Å². The predicted octanol–water partition coefficient (Wildman–Crippen LogP) is 2.46. The molecule has 2 heterocycles. The van der Waals surface area contributed by atoms with Gasteiger partial charge in [-0.25, -0.2) is 0 Å². The first-order valence-corrected chi connectivity index (χ1v) is 6.28. The summed E-state index contributed by atoms with van der Waals surface area (Å²) in [5.41, 5.74) is 3.12. The van der Waals surface area contributed by atoms with Crippen LogP contribution in [0.2, 0.25) is 0 Å². The summed E-state index contributed by atoms with van der Waals surface area (Å²) in [6.45, 7) is 2.04. The van der Waals surface area contributed by atoms with Crippen LogP contribution in [-0.4, -0.2) is 22.5 Å². The molecule has 4 nitrogen and oxygen atoms in total. The van der Waals surface area contributed by atoms with E-state index >= 15 is 0 Å². The Balaban J connectivity index is 1.86. The Hall–Kier alpha value is -2.07. The number of carboxylic acids is 1. The Morgan fingerprint density at radius 3 is 2.95 bits per heavy atom. The number of carboxylic acid groups (broad SMARTS) is 1. The summed E-state index contributed by atoms with van der Waals surface area (Å²) in [6, 6.07) is 9.70. The van der Waals surface area contributed by atoms with Gasteiger partial charge in [0.15, 0.2) is 0 Å². The van der Waals surface area contributed by atoms with Crippen LogP contribution in [0.15, 0.2) is 47.3 Å². The van der Waals surface area contributed by atoms with Crippen LogP contribution < -0.4 is 0 Å². The van der Waals surface area contributed by atoms with Crippen molar-refractivity contribution in [1.29, 1.82) is 0 Å². The molecule has 0 bridgehead atoms. The highest BCUT2D eigenvalue weighted by Crippen LogP contribution is 2.29. The van der Waals surface area contributed by atoms with Crippen molar-refractivity contribution in [1.82, 2.24) is 4.90 Å². The number of rotatable bonds is 3. The average Bonchev–Trinajstić information content (AvgIpc) is 2.90. The number of benzene rings is 1. The number of carbonyl (C=O) groups is 1. The lowest BCUT2D eigenvalue weighted by atomic mass is 9.89. The van der Waals surface area contributed by atoms with Crippen molar-refractivity contribution in [3.8, 4) is 0 Å². The number of furan rings is 1. The van der Waals surface area contributed by atoms with Crippen molar-refractivity contribution >= 4 is 5.97 Å². The summed E-state index contributed by atoms with van der Waals surface area (Å²) in [5, 5.41) is 9.38. The summed E-state index contributed by atoms with van der Waals surface area (Å²) >= 11 is 0. The molecule has 1 N–H and O–H groups in total. The summed E-state index contributed by atoms with van der Waals surface area (Å²) in [5.74, 6) is -1.21.